The lowest BCUT2D eigenvalue weighted by molar-refractivity contribution is -0.135. The Hall–Kier alpha value is -2.25. The number of benzene rings is 1. The van der Waals surface area contributed by atoms with Crippen LogP contribution in [-0.4, -0.2) is 52.1 Å². The normalized spacial score (nSPS) is 17.0. The molecule has 0 aliphatic carbocycles. The summed E-state index contributed by atoms with van der Waals surface area (Å²) in [6.07, 6.45) is 0.525. The van der Waals surface area contributed by atoms with Crippen LogP contribution in [0, 0.1) is 5.82 Å². The second-order valence-electron chi connectivity index (χ2n) is 5.92. The lowest BCUT2D eigenvalue weighted by Gasteiger charge is -2.34. The van der Waals surface area contributed by atoms with Gasteiger partial charge in [0.2, 0.25) is 5.91 Å². The van der Waals surface area contributed by atoms with Gasteiger partial charge in [-0.05, 0) is 17.7 Å². The number of aliphatic hydroxyl groups is 1. The zero-order chi connectivity index (χ0) is 16.9. The topological polar surface area (TPSA) is 69.8 Å². The first kappa shape index (κ1) is 16.6. The third-order valence-electron chi connectivity index (χ3n) is 4.20. The quantitative estimate of drug-likeness (QED) is 0.900. The van der Waals surface area contributed by atoms with E-state index >= 15 is 0 Å². The number of aliphatic hydroxyl groups excluding tert-OH is 1. The Balaban J connectivity index is 1.48. The van der Waals surface area contributed by atoms with Crippen LogP contribution in [-0.2, 0) is 11.3 Å². The van der Waals surface area contributed by atoms with Crippen LogP contribution in [0.3, 0.4) is 0 Å². The summed E-state index contributed by atoms with van der Waals surface area (Å²) in [5, 5.41) is 14.0. The third-order valence-corrected chi connectivity index (χ3v) is 4.20. The van der Waals surface area contributed by atoms with Gasteiger partial charge in [-0.3, -0.25) is 9.69 Å². The zero-order valence-electron chi connectivity index (χ0n) is 13.3. The highest BCUT2D eigenvalue weighted by molar-refractivity contribution is 5.77. The number of hydrogen-bond donors (Lipinski definition) is 1. The Kier molecular flexibility index (Phi) is 5.22. The number of piperazine rings is 1. The predicted octanol–water partition coefficient (Wildman–Crippen LogP) is 1.58. The lowest BCUT2D eigenvalue weighted by Crippen LogP contribution is -2.48. The maximum atomic E-state index is 13.2. The number of carbonyl (C=O) groups excluding carboxylic acids is 1. The molecule has 0 spiro atoms. The van der Waals surface area contributed by atoms with Crippen molar-refractivity contribution in [3.63, 3.8) is 0 Å². The maximum Gasteiger partial charge on any atom is 0.225 e. The minimum absolute atomic E-state index is 0.0350. The van der Waals surface area contributed by atoms with Crippen molar-refractivity contribution in [3.05, 3.63) is 53.7 Å². The van der Waals surface area contributed by atoms with Gasteiger partial charge in [0.05, 0.1) is 18.2 Å². The molecule has 1 N–H and O–H groups in total. The maximum absolute atomic E-state index is 13.2. The predicted molar refractivity (Wildman–Crippen MR) is 84.3 cm³/mol. The molecule has 128 valence electrons. The van der Waals surface area contributed by atoms with Gasteiger partial charge in [0.1, 0.15) is 12.1 Å². The molecule has 24 heavy (non-hydrogen) atoms. The van der Waals surface area contributed by atoms with Crippen LogP contribution in [0.4, 0.5) is 4.39 Å². The average Bonchev–Trinajstić information content (AvgIpc) is 3.08. The van der Waals surface area contributed by atoms with Crippen molar-refractivity contribution >= 4 is 5.91 Å². The van der Waals surface area contributed by atoms with E-state index < -0.39 is 11.9 Å². The molecule has 0 bridgehead atoms. The van der Waals surface area contributed by atoms with E-state index in [1.807, 2.05) is 6.07 Å². The van der Waals surface area contributed by atoms with E-state index in [0.29, 0.717) is 25.2 Å². The molecule has 2 heterocycles. The largest absolute Gasteiger partial charge is 0.388 e. The summed E-state index contributed by atoms with van der Waals surface area (Å²) in [4.78, 5) is 16.3. The van der Waals surface area contributed by atoms with Gasteiger partial charge >= 0.3 is 0 Å². The Labute approximate surface area is 139 Å². The van der Waals surface area contributed by atoms with Gasteiger partial charge in [0.15, 0.2) is 0 Å². The van der Waals surface area contributed by atoms with Crippen LogP contribution < -0.4 is 0 Å². The Morgan fingerprint density at radius 3 is 2.75 bits per heavy atom. The molecule has 1 aliphatic heterocycles. The molecule has 6 nitrogen and oxygen atoms in total. The molecule has 1 saturated heterocycles. The number of aromatic nitrogens is 1. The number of halogens is 1. The van der Waals surface area contributed by atoms with Gasteiger partial charge in [-0.2, -0.15) is 0 Å². The molecule has 0 saturated carbocycles. The summed E-state index contributed by atoms with van der Waals surface area (Å²) in [5.41, 5.74) is 1.30. The molecule has 1 aromatic carbocycles. The molecule has 1 aromatic heterocycles. The van der Waals surface area contributed by atoms with Gasteiger partial charge in [-0.25, -0.2) is 4.39 Å². The second-order valence-corrected chi connectivity index (χ2v) is 5.92. The molecule has 1 aliphatic rings. The van der Waals surface area contributed by atoms with E-state index in [0.717, 1.165) is 18.8 Å². The first-order valence-electron chi connectivity index (χ1n) is 7.95. The molecule has 1 fully saturated rings. The molecule has 1 amide bonds. The summed E-state index contributed by atoms with van der Waals surface area (Å²) in [6, 6.07) is 7.55. The fraction of sp³-hybridized carbons (Fsp3) is 0.412. The minimum Gasteiger partial charge on any atom is -0.388 e. The van der Waals surface area contributed by atoms with E-state index in [1.54, 1.807) is 17.2 Å². The smallest absolute Gasteiger partial charge is 0.225 e. The third kappa shape index (κ3) is 4.18. The monoisotopic (exact) mass is 333 g/mol. The molecular formula is C17H20FN3O3. The van der Waals surface area contributed by atoms with Gasteiger partial charge in [0.25, 0.3) is 0 Å². The minimum atomic E-state index is -0.985. The summed E-state index contributed by atoms with van der Waals surface area (Å²) in [5.74, 6) is -0.534. The molecule has 1 atom stereocenters. The SMILES string of the molecule is O=C(CC(O)c1cccc(F)c1)N1CCN(Cc2ccon2)CC1. The van der Waals surface area contributed by atoms with Crippen molar-refractivity contribution in [2.24, 2.45) is 0 Å². The van der Waals surface area contributed by atoms with E-state index in [9.17, 15) is 14.3 Å². The number of carbonyl (C=O) groups is 1. The van der Waals surface area contributed by atoms with Gasteiger partial charge in [0, 0.05) is 38.8 Å². The first-order chi connectivity index (χ1) is 11.6. The van der Waals surface area contributed by atoms with Crippen LogP contribution in [0.1, 0.15) is 23.8 Å². The molecule has 0 radical (unpaired) electrons. The van der Waals surface area contributed by atoms with Crippen molar-refractivity contribution in [1.82, 2.24) is 15.0 Å². The number of nitrogens with zero attached hydrogens (tertiary/aromatic N) is 3. The van der Waals surface area contributed by atoms with E-state index in [2.05, 4.69) is 10.1 Å². The van der Waals surface area contributed by atoms with E-state index in [-0.39, 0.29) is 12.3 Å². The Morgan fingerprint density at radius 1 is 1.29 bits per heavy atom. The van der Waals surface area contributed by atoms with E-state index in [1.165, 1.54) is 18.2 Å². The van der Waals surface area contributed by atoms with Crippen LogP contribution in [0.25, 0.3) is 0 Å². The molecule has 7 heteroatoms. The summed E-state index contributed by atoms with van der Waals surface area (Å²) in [7, 11) is 0. The van der Waals surface area contributed by atoms with Crippen LogP contribution in [0.5, 0.6) is 0 Å². The van der Waals surface area contributed by atoms with Crippen molar-refractivity contribution in [3.8, 4) is 0 Å². The van der Waals surface area contributed by atoms with Crippen molar-refractivity contribution in [2.45, 2.75) is 19.1 Å². The Bertz CT molecular complexity index is 669. The van der Waals surface area contributed by atoms with Crippen molar-refractivity contribution in [2.75, 3.05) is 26.2 Å². The van der Waals surface area contributed by atoms with Crippen molar-refractivity contribution in [1.29, 1.82) is 0 Å². The summed E-state index contributed by atoms with van der Waals surface area (Å²) in [6.45, 7) is 3.40. The second kappa shape index (κ2) is 7.55. The fourth-order valence-electron chi connectivity index (χ4n) is 2.83. The zero-order valence-corrected chi connectivity index (χ0v) is 13.3. The molecular weight excluding hydrogens is 313 g/mol. The van der Waals surface area contributed by atoms with Crippen LogP contribution in [0.15, 0.2) is 41.1 Å². The Morgan fingerprint density at radius 2 is 2.08 bits per heavy atom. The average molecular weight is 333 g/mol. The molecule has 1 unspecified atom stereocenters. The fourth-order valence-corrected chi connectivity index (χ4v) is 2.83. The molecule has 2 aromatic rings. The summed E-state index contributed by atoms with van der Waals surface area (Å²) < 4.78 is 18.0. The highest BCUT2D eigenvalue weighted by Gasteiger charge is 2.24. The summed E-state index contributed by atoms with van der Waals surface area (Å²) >= 11 is 0. The van der Waals surface area contributed by atoms with Crippen LogP contribution >= 0.6 is 0 Å². The van der Waals surface area contributed by atoms with Crippen molar-refractivity contribution < 1.29 is 18.8 Å². The number of hydrogen-bond acceptors (Lipinski definition) is 5. The highest BCUT2D eigenvalue weighted by atomic mass is 19.1. The van der Waals surface area contributed by atoms with Gasteiger partial charge in [-0.1, -0.05) is 17.3 Å². The lowest BCUT2D eigenvalue weighted by atomic mass is 10.1. The number of amides is 1. The van der Waals surface area contributed by atoms with E-state index in [4.69, 9.17) is 4.52 Å². The van der Waals surface area contributed by atoms with Gasteiger partial charge < -0.3 is 14.5 Å². The standard InChI is InChI=1S/C17H20FN3O3/c18-14-3-1-2-13(10-14)16(22)11-17(23)21-7-5-20(6-8-21)12-15-4-9-24-19-15/h1-4,9-10,16,22H,5-8,11-12H2. The van der Waals surface area contributed by atoms with Gasteiger partial charge in [-0.15, -0.1) is 0 Å². The first-order valence-corrected chi connectivity index (χ1v) is 7.95. The van der Waals surface area contributed by atoms with Crippen LogP contribution in [0.2, 0.25) is 0 Å². The highest BCUT2D eigenvalue weighted by Crippen LogP contribution is 2.19. The number of rotatable bonds is 5. The molecule has 3 rings (SSSR count).